The molecule has 0 radical (unpaired) electrons. The molecule has 0 atom stereocenters. The fourth-order valence-electron chi connectivity index (χ4n) is 3.67. The standard InChI is InChI=1S/C21H22F3N5O5S2/c1-35(30,31)27-9-11-28(12-10-27)36(32,33)29(17-5-3-2-4-6-17)14-16-8-7-15(13-18(16)22)20-25-26-21(34-20)19(23)24/h2-8,13,19H,9-12,14H2,1H3. The lowest BCUT2D eigenvalue weighted by molar-refractivity contribution is 0.116. The number of halogens is 3. The van der Waals surface area contributed by atoms with Crippen molar-refractivity contribution in [1.82, 2.24) is 18.8 Å². The van der Waals surface area contributed by atoms with E-state index in [4.69, 9.17) is 4.42 Å². The van der Waals surface area contributed by atoms with Crippen LogP contribution >= 0.6 is 0 Å². The molecule has 10 nitrogen and oxygen atoms in total. The molecule has 2 aromatic carbocycles. The average molecular weight is 546 g/mol. The van der Waals surface area contributed by atoms with Crippen molar-refractivity contribution in [3.05, 3.63) is 65.8 Å². The van der Waals surface area contributed by atoms with Gasteiger partial charge in [-0.05, 0) is 24.3 Å². The number of sulfonamides is 1. The van der Waals surface area contributed by atoms with Gasteiger partial charge in [0.2, 0.25) is 15.9 Å². The quantitative estimate of drug-likeness (QED) is 0.427. The average Bonchev–Trinajstić information content (AvgIpc) is 3.34. The van der Waals surface area contributed by atoms with Gasteiger partial charge in [-0.2, -0.15) is 25.8 Å². The molecule has 1 aromatic heterocycles. The highest BCUT2D eigenvalue weighted by molar-refractivity contribution is 7.90. The van der Waals surface area contributed by atoms with Crippen molar-refractivity contribution in [3.63, 3.8) is 0 Å². The number of anilines is 1. The summed E-state index contributed by atoms with van der Waals surface area (Å²) in [6, 6.07) is 11.8. The van der Waals surface area contributed by atoms with Crippen molar-refractivity contribution < 1.29 is 34.4 Å². The van der Waals surface area contributed by atoms with Gasteiger partial charge in [0.25, 0.3) is 5.89 Å². The fourth-order valence-corrected chi connectivity index (χ4v) is 6.09. The Morgan fingerprint density at radius 1 is 0.972 bits per heavy atom. The van der Waals surface area contributed by atoms with Crippen molar-refractivity contribution in [2.24, 2.45) is 0 Å². The Balaban J connectivity index is 1.61. The second-order valence-electron chi connectivity index (χ2n) is 7.96. The Kier molecular flexibility index (Phi) is 7.36. The van der Waals surface area contributed by atoms with E-state index in [0.717, 1.165) is 20.9 Å². The summed E-state index contributed by atoms with van der Waals surface area (Å²) in [5, 5.41) is 6.70. The fraction of sp³-hybridized carbons (Fsp3) is 0.333. The zero-order valence-corrected chi connectivity index (χ0v) is 20.6. The molecule has 194 valence electrons. The van der Waals surface area contributed by atoms with Crippen molar-refractivity contribution >= 4 is 25.9 Å². The first kappa shape index (κ1) is 26.1. The van der Waals surface area contributed by atoms with Crippen LogP contribution in [0.1, 0.15) is 17.9 Å². The molecule has 0 aliphatic carbocycles. The van der Waals surface area contributed by atoms with Gasteiger partial charge < -0.3 is 4.42 Å². The van der Waals surface area contributed by atoms with Crippen LogP contribution in [-0.2, 0) is 26.8 Å². The summed E-state index contributed by atoms with van der Waals surface area (Å²) in [7, 11) is -7.64. The number of benzene rings is 2. The predicted octanol–water partition coefficient (Wildman–Crippen LogP) is 2.64. The van der Waals surface area contributed by atoms with Crippen molar-refractivity contribution in [2.45, 2.75) is 13.0 Å². The minimum Gasteiger partial charge on any atom is -0.415 e. The van der Waals surface area contributed by atoms with E-state index in [0.29, 0.717) is 0 Å². The SMILES string of the molecule is CS(=O)(=O)N1CCN(S(=O)(=O)N(Cc2ccc(-c3nnc(C(F)F)o3)cc2F)c2ccccc2)CC1. The number of hydrogen-bond acceptors (Lipinski definition) is 7. The molecule has 1 aliphatic heterocycles. The second-order valence-corrected chi connectivity index (χ2v) is 11.8. The molecule has 3 aromatic rings. The summed E-state index contributed by atoms with van der Waals surface area (Å²) in [4.78, 5) is 0. The number of para-hydroxylation sites is 1. The highest BCUT2D eigenvalue weighted by Crippen LogP contribution is 2.28. The molecular weight excluding hydrogens is 523 g/mol. The largest absolute Gasteiger partial charge is 0.415 e. The van der Waals surface area contributed by atoms with Gasteiger partial charge >= 0.3 is 16.6 Å². The van der Waals surface area contributed by atoms with E-state index in [1.165, 1.54) is 16.4 Å². The number of alkyl halides is 2. The Hall–Kier alpha value is -3.01. The molecule has 1 fully saturated rings. The van der Waals surface area contributed by atoms with Crippen molar-refractivity contribution in [1.29, 1.82) is 0 Å². The van der Waals surface area contributed by atoms with Crippen LogP contribution in [0.3, 0.4) is 0 Å². The van der Waals surface area contributed by atoms with Gasteiger partial charge in [0.05, 0.1) is 18.5 Å². The summed E-state index contributed by atoms with van der Waals surface area (Å²) in [6.07, 6.45) is -1.91. The smallest absolute Gasteiger partial charge is 0.314 e. The van der Waals surface area contributed by atoms with E-state index in [1.54, 1.807) is 30.3 Å². The normalized spacial score (nSPS) is 15.9. The zero-order chi connectivity index (χ0) is 26.1. The molecule has 0 spiro atoms. The molecule has 0 amide bonds. The van der Waals surface area contributed by atoms with Gasteiger partial charge in [-0.1, -0.05) is 24.3 Å². The van der Waals surface area contributed by atoms with Gasteiger partial charge in [-0.3, -0.25) is 4.31 Å². The number of aromatic nitrogens is 2. The molecule has 1 saturated heterocycles. The van der Waals surface area contributed by atoms with Crippen molar-refractivity contribution in [2.75, 3.05) is 36.7 Å². The Morgan fingerprint density at radius 2 is 1.61 bits per heavy atom. The number of piperazine rings is 1. The van der Waals surface area contributed by atoms with E-state index in [1.807, 2.05) is 0 Å². The van der Waals surface area contributed by atoms with Crippen LogP contribution < -0.4 is 4.31 Å². The Bertz CT molecular complexity index is 1430. The van der Waals surface area contributed by atoms with E-state index in [9.17, 15) is 25.6 Å². The van der Waals surface area contributed by atoms with Crippen LogP contribution in [0.4, 0.5) is 18.9 Å². The van der Waals surface area contributed by atoms with E-state index in [2.05, 4.69) is 10.2 Å². The maximum Gasteiger partial charge on any atom is 0.314 e. The highest BCUT2D eigenvalue weighted by Gasteiger charge is 2.35. The van der Waals surface area contributed by atoms with Gasteiger partial charge in [-0.25, -0.2) is 12.8 Å². The van der Waals surface area contributed by atoms with E-state index < -0.39 is 38.4 Å². The Morgan fingerprint density at radius 3 is 2.17 bits per heavy atom. The summed E-state index contributed by atoms with van der Waals surface area (Å²) in [5.41, 5.74) is 0.348. The number of hydrogen-bond donors (Lipinski definition) is 0. The molecule has 0 saturated carbocycles. The van der Waals surface area contributed by atoms with Crippen molar-refractivity contribution in [3.8, 4) is 11.5 Å². The zero-order valence-electron chi connectivity index (χ0n) is 19.0. The minimum atomic E-state index is -4.18. The lowest BCUT2D eigenvalue weighted by atomic mass is 10.1. The van der Waals surface area contributed by atoms with Gasteiger partial charge in [0, 0.05) is 37.3 Å². The van der Waals surface area contributed by atoms with E-state index >= 15 is 4.39 Å². The third kappa shape index (κ3) is 5.53. The second kappa shape index (κ2) is 10.2. The molecule has 0 N–H and O–H groups in total. The lowest BCUT2D eigenvalue weighted by Crippen LogP contribution is -2.54. The number of rotatable bonds is 8. The summed E-state index contributed by atoms with van der Waals surface area (Å²) < 4.78 is 99.4. The molecule has 0 unspecified atom stereocenters. The topological polar surface area (TPSA) is 117 Å². The first-order chi connectivity index (χ1) is 17.0. The molecule has 1 aliphatic rings. The van der Waals surface area contributed by atoms with Gasteiger partial charge in [-0.15, -0.1) is 10.2 Å². The maximum atomic E-state index is 15.0. The Labute approximate surface area is 206 Å². The molecule has 4 rings (SSSR count). The monoisotopic (exact) mass is 545 g/mol. The molecule has 0 bridgehead atoms. The lowest BCUT2D eigenvalue weighted by Gasteiger charge is -2.36. The third-order valence-electron chi connectivity index (χ3n) is 5.56. The van der Waals surface area contributed by atoms with Gasteiger partial charge in [0.1, 0.15) is 5.82 Å². The minimum absolute atomic E-state index is 0.00542. The van der Waals surface area contributed by atoms with Gasteiger partial charge in [0.15, 0.2) is 0 Å². The van der Waals surface area contributed by atoms with Crippen LogP contribution in [0.15, 0.2) is 52.9 Å². The van der Waals surface area contributed by atoms with Crippen LogP contribution in [0, 0.1) is 5.82 Å². The third-order valence-corrected chi connectivity index (χ3v) is 8.77. The summed E-state index contributed by atoms with van der Waals surface area (Å²) >= 11 is 0. The molecular formula is C21H22F3N5O5S2. The summed E-state index contributed by atoms with van der Waals surface area (Å²) in [5.74, 6) is -2.00. The van der Waals surface area contributed by atoms with Crippen LogP contribution in [0.2, 0.25) is 0 Å². The molecule has 2 heterocycles. The maximum absolute atomic E-state index is 15.0. The van der Waals surface area contributed by atoms with Crippen LogP contribution in [0.5, 0.6) is 0 Å². The molecule has 15 heteroatoms. The first-order valence-electron chi connectivity index (χ1n) is 10.6. The highest BCUT2D eigenvalue weighted by atomic mass is 32.2. The first-order valence-corrected chi connectivity index (χ1v) is 13.9. The summed E-state index contributed by atoms with van der Waals surface area (Å²) in [6.45, 7) is -0.520. The predicted molar refractivity (Wildman–Crippen MR) is 124 cm³/mol. The van der Waals surface area contributed by atoms with Crippen LogP contribution in [0.25, 0.3) is 11.5 Å². The van der Waals surface area contributed by atoms with Crippen LogP contribution in [-0.4, -0.2) is 68.1 Å². The molecule has 36 heavy (non-hydrogen) atoms. The number of nitrogens with zero attached hydrogens (tertiary/aromatic N) is 5. The van der Waals surface area contributed by atoms with E-state index in [-0.39, 0.29) is 55.4 Å².